The molecule has 1 aromatic rings. The van der Waals surface area contributed by atoms with Gasteiger partial charge in [0.05, 0.1) is 5.92 Å². The molecule has 1 unspecified atom stereocenters. The van der Waals surface area contributed by atoms with Crippen molar-refractivity contribution in [2.45, 2.75) is 19.3 Å². The molecule has 3 nitrogen and oxygen atoms in total. The molecule has 0 fully saturated rings. The summed E-state index contributed by atoms with van der Waals surface area (Å²) >= 11 is 0. The second-order valence-corrected chi connectivity index (χ2v) is 4.17. The van der Waals surface area contributed by atoms with Gasteiger partial charge >= 0.3 is 0 Å². The van der Waals surface area contributed by atoms with Gasteiger partial charge in [0, 0.05) is 18.8 Å². The fourth-order valence-corrected chi connectivity index (χ4v) is 2.09. The predicted octanol–water partition coefficient (Wildman–Crippen LogP) is 2.28. The molecular weight excluding hydrogens is 212 g/mol. The van der Waals surface area contributed by atoms with Crippen LogP contribution in [-0.2, 0) is 4.79 Å². The molecule has 1 heterocycles. The third-order valence-electron chi connectivity index (χ3n) is 3.00. The topological polar surface area (TPSA) is 41.1 Å². The number of rotatable bonds is 4. The molecule has 0 spiro atoms. The molecule has 0 aliphatic carbocycles. The molecule has 2 rings (SSSR count). The average Bonchev–Trinajstić information content (AvgIpc) is 2.78. The van der Waals surface area contributed by atoms with Gasteiger partial charge in [-0.1, -0.05) is 30.4 Å². The Hall–Kier alpha value is -1.77. The highest BCUT2D eigenvalue weighted by molar-refractivity contribution is 5.88. The van der Waals surface area contributed by atoms with Crippen LogP contribution >= 0.6 is 0 Å². The summed E-state index contributed by atoms with van der Waals surface area (Å²) < 4.78 is 0. The Morgan fingerprint density at radius 2 is 2.35 bits per heavy atom. The first kappa shape index (κ1) is 11.7. The Morgan fingerprint density at radius 3 is 3.18 bits per heavy atom. The van der Waals surface area contributed by atoms with Gasteiger partial charge in [-0.3, -0.25) is 4.79 Å². The molecule has 0 bridgehead atoms. The van der Waals surface area contributed by atoms with E-state index < -0.39 is 0 Å². The zero-order valence-electron chi connectivity index (χ0n) is 10.1. The lowest BCUT2D eigenvalue weighted by Gasteiger charge is -2.10. The minimum Gasteiger partial charge on any atom is -0.384 e. The fourth-order valence-electron chi connectivity index (χ4n) is 2.09. The normalized spacial score (nSPS) is 17.8. The minimum atomic E-state index is -0.0446. The van der Waals surface area contributed by atoms with Gasteiger partial charge in [0.2, 0.25) is 5.91 Å². The van der Waals surface area contributed by atoms with Crippen LogP contribution in [0.25, 0.3) is 0 Å². The molecule has 0 saturated heterocycles. The number of hydrogen-bond donors (Lipinski definition) is 2. The van der Waals surface area contributed by atoms with Gasteiger partial charge in [-0.05, 0) is 25.0 Å². The third kappa shape index (κ3) is 2.67. The molecule has 1 aliphatic heterocycles. The molecule has 1 amide bonds. The van der Waals surface area contributed by atoms with Gasteiger partial charge in [-0.2, -0.15) is 0 Å². The highest BCUT2D eigenvalue weighted by atomic mass is 16.1. The number of benzene rings is 1. The van der Waals surface area contributed by atoms with Gasteiger partial charge in [0.25, 0.3) is 0 Å². The van der Waals surface area contributed by atoms with Crippen molar-refractivity contribution in [2.75, 3.05) is 18.4 Å². The maximum Gasteiger partial charge on any atom is 0.229 e. The van der Waals surface area contributed by atoms with Crippen molar-refractivity contribution in [3.63, 3.8) is 0 Å². The predicted molar refractivity (Wildman–Crippen MR) is 70.1 cm³/mol. The molecule has 1 atom stereocenters. The van der Waals surface area contributed by atoms with Gasteiger partial charge < -0.3 is 10.6 Å². The van der Waals surface area contributed by atoms with Gasteiger partial charge in [0.1, 0.15) is 0 Å². The van der Waals surface area contributed by atoms with Crippen LogP contribution in [0.2, 0.25) is 0 Å². The molecule has 2 N–H and O–H groups in total. The molecule has 1 aliphatic rings. The Morgan fingerprint density at radius 1 is 1.53 bits per heavy atom. The van der Waals surface area contributed by atoms with E-state index in [9.17, 15) is 4.79 Å². The summed E-state index contributed by atoms with van der Waals surface area (Å²) in [5.41, 5.74) is 2.19. The van der Waals surface area contributed by atoms with Crippen molar-refractivity contribution in [3.8, 4) is 0 Å². The maximum atomic E-state index is 12.0. The van der Waals surface area contributed by atoms with Crippen molar-refractivity contribution in [1.29, 1.82) is 0 Å². The molecule has 0 saturated carbocycles. The maximum absolute atomic E-state index is 12.0. The summed E-state index contributed by atoms with van der Waals surface area (Å²) in [6, 6.07) is 8.00. The monoisotopic (exact) mass is 230 g/mol. The summed E-state index contributed by atoms with van der Waals surface area (Å²) in [6.07, 6.45) is 4.95. The van der Waals surface area contributed by atoms with Crippen LogP contribution in [0.4, 0.5) is 5.69 Å². The van der Waals surface area contributed by atoms with E-state index in [2.05, 4.69) is 16.7 Å². The smallest absolute Gasteiger partial charge is 0.229 e. The number of hydrogen-bond acceptors (Lipinski definition) is 2. The van der Waals surface area contributed by atoms with E-state index in [-0.39, 0.29) is 11.8 Å². The number of fused-ring (bicyclic) bond motifs is 1. The summed E-state index contributed by atoms with van der Waals surface area (Å²) in [7, 11) is 0. The van der Waals surface area contributed by atoms with Gasteiger partial charge in [-0.25, -0.2) is 0 Å². The zero-order chi connectivity index (χ0) is 12.1. The first-order valence-corrected chi connectivity index (χ1v) is 6.04. The molecule has 0 aromatic heterocycles. The quantitative estimate of drug-likeness (QED) is 0.615. The van der Waals surface area contributed by atoms with Crippen LogP contribution in [-0.4, -0.2) is 19.0 Å². The zero-order valence-corrected chi connectivity index (χ0v) is 10.1. The first-order valence-electron chi connectivity index (χ1n) is 6.04. The van der Waals surface area contributed by atoms with E-state index in [1.165, 1.54) is 0 Å². The van der Waals surface area contributed by atoms with Crippen molar-refractivity contribution >= 4 is 11.6 Å². The van der Waals surface area contributed by atoms with Crippen molar-refractivity contribution < 1.29 is 4.79 Å². The Kier molecular flexibility index (Phi) is 3.81. The first-order chi connectivity index (χ1) is 8.33. The number of nitrogens with one attached hydrogen (secondary N) is 2. The van der Waals surface area contributed by atoms with E-state index in [1.807, 2.05) is 37.3 Å². The molecule has 3 heteroatoms. The van der Waals surface area contributed by atoms with Crippen molar-refractivity contribution in [3.05, 3.63) is 42.0 Å². The summed E-state index contributed by atoms with van der Waals surface area (Å²) in [5, 5.41) is 6.23. The van der Waals surface area contributed by atoms with E-state index in [1.54, 1.807) is 0 Å². The number of carbonyl (C=O) groups excluding carboxylic acids is 1. The molecule has 90 valence electrons. The highest BCUT2D eigenvalue weighted by Crippen LogP contribution is 2.30. The lowest BCUT2D eigenvalue weighted by Crippen LogP contribution is -2.30. The Bertz CT molecular complexity index is 426. The highest BCUT2D eigenvalue weighted by Gasteiger charge is 2.27. The standard InChI is InChI=1S/C14H18N2O/c1-2-3-6-9-15-14(17)12-10-16-13-8-5-4-7-11(12)13/h2-5,7-8,12,16H,6,9-10H2,1H3,(H,15,17)/b3-2+. The lowest BCUT2D eigenvalue weighted by atomic mass is 10.0. The van der Waals surface area contributed by atoms with Crippen LogP contribution in [0.1, 0.15) is 24.8 Å². The van der Waals surface area contributed by atoms with Crippen molar-refractivity contribution in [2.24, 2.45) is 0 Å². The van der Waals surface area contributed by atoms with Crippen LogP contribution < -0.4 is 10.6 Å². The van der Waals surface area contributed by atoms with Gasteiger partial charge in [0.15, 0.2) is 0 Å². The lowest BCUT2D eigenvalue weighted by molar-refractivity contribution is -0.122. The fraction of sp³-hybridized carbons (Fsp3) is 0.357. The minimum absolute atomic E-state index is 0.0446. The number of allylic oxidation sites excluding steroid dienone is 1. The van der Waals surface area contributed by atoms with Gasteiger partial charge in [-0.15, -0.1) is 0 Å². The number of carbonyl (C=O) groups is 1. The summed E-state index contributed by atoms with van der Waals surface area (Å²) in [5.74, 6) is 0.0729. The number of para-hydroxylation sites is 1. The van der Waals surface area contributed by atoms with E-state index in [0.717, 1.165) is 17.7 Å². The van der Waals surface area contributed by atoms with E-state index in [4.69, 9.17) is 0 Å². The SMILES string of the molecule is C/C=C/CCNC(=O)C1CNc2ccccc21. The van der Waals surface area contributed by atoms with Crippen LogP contribution in [0.3, 0.4) is 0 Å². The number of anilines is 1. The number of amides is 1. The second kappa shape index (κ2) is 5.53. The average molecular weight is 230 g/mol. The summed E-state index contributed by atoms with van der Waals surface area (Å²) in [6.45, 7) is 3.40. The Balaban J connectivity index is 1.93. The third-order valence-corrected chi connectivity index (χ3v) is 3.00. The van der Waals surface area contributed by atoms with E-state index in [0.29, 0.717) is 13.1 Å². The molecule has 0 radical (unpaired) electrons. The van der Waals surface area contributed by atoms with Crippen LogP contribution in [0.15, 0.2) is 36.4 Å². The Labute approximate surface area is 102 Å². The molecule has 17 heavy (non-hydrogen) atoms. The molecule has 1 aromatic carbocycles. The van der Waals surface area contributed by atoms with Crippen LogP contribution in [0, 0.1) is 0 Å². The second-order valence-electron chi connectivity index (χ2n) is 4.17. The molecular formula is C14H18N2O. The van der Waals surface area contributed by atoms with Crippen LogP contribution in [0.5, 0.6) is 0 Å². The summed E-state index contributed by atoms with van der Waals surface area (Å²) in [4.78, 5) is 12.0. The largest absolute Gasteiger partial charge is 0.384 e. The van der Waals surface area contributed by atoms with E-state index >= 15 is 0 Å². The van der Waals surface area contributed by atoms with Crippen molar-refractivity contribution in [1.82, 2.24) is 5.32 Å².